The lowest BCUT2D eigenvalue weighted by Gasteiger charge is -2.36. The average Bonchev–Trinajstić information content (AvgIpc) is 2.83. The highest BCUT2D eigenvalue weighted by molar-refractivity contribution is 6.72. The van der Waals surface area contributed by atoms with Gasteiger partial charge in [0, 0.05) is 5.92 Å². The summed E-state index contributed by atoms with van der Waals surface area (Å²) < 4.78 is 36.4. The van der Waals surface area contributed by atoms with Crippen LogP contribution in [-0.4, -0.2) is 59.4 Å². The summed E-state index contributed by atoms with van der Waals surface area (Å²) in [7, 11) is -5.46. The van der Waals surface area contributed by atoms with Crippen molar-refractivity contribution < 1.29 is 36.8 Å². The summed E-state index contributed by atoms with van der Waals surface area (Å²) in [6.07, 6.45) is 1.76. The Morgan fingerprint density at radius 2 is 1.14 bits per heavy atom. The molecule has 0 aliphatic heterocycles. The average molecular weight is 675 g/mol. The van der Waals surface area contributed by atoms with Crippen LogP contribution in [0.4, 0.5) is 0 Å². The molecule has 0 radical (unpaired) electrons. The van der Waals surface area contributed by atoms with Crippen LogP contribution in [-0.2, 0) is 18.4 Å². The molecule has 1 aliphatic carbocycles. The fourth-order valence-corrected chi connectivity index (χ4v) is 8.04. The molecule has 12 heteroatoms. The first kappa shape index (κ1) is 35.7. The zero-order chi connectivity index (χ0) is 33.4. The van der Waals surface area contributed by atoms with Gasteiger partial charge in [-0.15, -0.1) is 0 Å². The van der Waals surface area contributed by atoms with Gasteiger partial charge < -0.3 is 27.2 Å². The third-order valence-electron chi connectivity index (χ3n) is 6.36. The van der Waals surface area contributed by atoms with E-state index >= 15 is 0 Å². The Balaban J connectivity index is 2.40. The van der Waals surface area contributed by atoms with Gasteiger partial charge in [0.2, 0.25) is 33.3 Å². The number of ether oxygens (including phenoxy) is 2. The van der Waals surface area contributed by atoms with Crippen molar-refractivity contribution >= 4 is 51.3 Å². The van der Waals surface area contributed by atoms with Crippen molar-refractivity contribution in [1.82, 2.24) is 0 Å². The van der Waals surface area contributed by atoms with E-state index in [9.17, 15) is 9.59 Å². The Morgan fingerprint density at radius 1 is 0.614 bits per heavy atom. The topological polar surface area (TPSA) is 89.5 Å². The molecule has 2 aromatic carbocycles. The van der Waals surface area contributed by atoms with Gasteiger partial charge in [0.15, 0.2) is 11.5 Å². The van der Waals surface area contributed by atoms with Gasteiger partial charge >= 0.3 is 11.9 Å². The summed E-state index contributed by atoms with van der Waals surface area (Å²) >= 11 is 0. The van der Waals surface area contributed by atoms with Gasteiger partial charge in [-0.05, 0) is 126 Å². The van der Waals surface area contributed by atoms with Crippen LogP contribution in [0, 0.1) is 5.92 Å². The molecule has 3 rings (SSSR count). The summed E-state index contributed by atoms with van der Waals surface area (Å²) in [5, 5.41) is 0. The van der Waals surface area contributed by atoms with E-state index in [4.69, 9.17) is 27.2 Å². The normalized spacial score (nSPS) is 17.2. The van der Waals surface area contributed by atoms with Gasteiger partial charge in [-0.3, -0.25) is 4.79 Å². The molecule has 44 heavy (non-hydrogen) atoms. The molecule has 0 amide bonds. The Morgan fingerprint density at radius 3 is 1.64 bits per heavy atom. The number of methoxy groups -OCH3 is 2. The quantitative estimate of drug-likeness (QED) is 0.221. The summed E-state index contributed by atoms with van der Waals surface area (Å²) in [6, 6.07) is 9.54. The van der Waals surface area contributed by atoms with Gasteiger partial charge in [-0.25, -0.2) is 4.79 Å². The van der Waals surface area contributed by atoms with E-state index in [0.717, 1.165) is 16.7 Å². The largest absolute Gasteiger partial charge is 0.542 e. The first-order valence-electron chi connectivity index (χ1n) is 15.0. The molecule has 0 N–H and O–H groups in total. The fraction of sp³-hybridized carbons (Fsp3) is 0.500. The van der Waals surface area contributed by atoms with Crippen molar-refractivity contribution in [2.24, 2.45) is 5.92 Å². The van der Waals surface area contributed by atoms with Crippen molar-refractivity contribution in [3.63, 3.8) is 0 Å². The molecule has 0 fully saturated rings. The fourth-order valence-electron chi connectivity index (χ4n) is 4.99. The smallest absolute Gasteiger partial charge is 0.321 e. The zero-order valence-electron chi connectivity index (χ0n) is 28.9. The van der Waals surface area contributed by atoms with Gasteiger partial charge in [0.1, 0.15) is 11.5 Å². The van der Waals surface area contributed by atoms with Crippen molar-refractivity contribution in [2.75, 3.05) is 14.2 Å². The SMILES string of the molecule is COc1cc(C2c3cc(O[Si](C)(C)C)c(OC)cc3C=C(C(=O)O[Si](C)(C)C)C2C(=O)O[Si](C)(C)C)ccc1O[Si](C)(C)C. The van der Waals surface area contributed by atoms with E-state index < -0.39 is 57.0 Å². The van der Waals surface area contributed by atoms with Crippen LogP contribution in [0.15, 0.2) is 35.9 Å². The highest BCUT2D eigenvalue weighted by Gasteiger charge is 2.45. The third kappa shape index (κ3) is 9.35. The molecule has 2 atom stereocenters. The molecule has 2 unspecified atom stereocenters. The van der Waals surface area contributed by atoms with Crippen LogP contribution in [0.2, 0.25) is 78.6 Å². The van der Waals surface area contributed by atoms with Gasteiger partial charge in [-0.1, -0.05) is 6.07 Å². The molecule has 0 saturated heterocycles. The number of carbonyl (C=O) groups excluding carboxylic acids is 2. The highest BCUT2D eigenvalue weighted by atomic mass is 28.4. The van der Waals surface area contributed by atoms with E-state index in [1.54, 1.807) is 20.3 Å². The Bertz CT molecular complexity index is 1430. The van der Waals surface area contributed by atoms with Crippen LogP contribution in [0.25, 0.3) is 6.08 Å². The summed E-state index contributed by atoms with van der Waals surface area (Å²) in [5.74, 6) is -0.186. The first-order chi connectivity index (χ1) is 20.0. The third-order valence-corrected chi connectivity index (χ3v) is 9.63. The standard InChI is InChI=1S/C32H50O8Si4/c1-35-26-18-21(15-16-25(26)37-41(3,4)5)29-23-20-28(38-42(6,7)8)27(36-2)19-22(23)17-24(31(33)39-43(9,10)11)30(29)32(34)40-44(12,13)14/h15-20,29-30H,1-14H3. The zero-order valence-corrected chi connectivity index (χ0v) is 32.9. The number of fused-ring (bicyclic) bond motifs is 1. The Kier molecular flexibility index (Phi) is 10.4. The molecular formula is C32H50O8Si4. The Labute approximate surface area is 267 Å². The monoisotopic (exact) mass is 674 g/mol. The molecule has 0 aromatic heterocycles. The van der Waals surface area contributed by atoms with Crippen molar-refractivity contribution in [1.29, 1.82) is 0 Å². The Hall–Kier alpha value is -2.81. The highest BCUT2D eigenvalue weighted by Crippen LogP contribution is 2.49. The summed E-state index contributed by atoms with van der Waals surface area (Å²) in [4.78, 5) is 28.1. The predicted octanol–water partition coefficient (Wildman–Crippen LogP) is 8.03. The summed E-state index contributed by atoms with van der Waals surface area (Å²) in [6.45, 7) is 24.3. The first-order valence-corrected chi connectivity index (χ1v) is 28.6. The number of hydrogen-bond acceptors (Lipinski definition) is 8. The lowest BCUT2D eigenvalue weighted by atomic mass is 9.71. The predicted molar refractivity (Wildman–Crippen MR) is 186 cm³/mol. The van der Waals surface area contributed by atoms with E-state index in [-0.39, 0.29) is 5.57 Å². The van der Waals surface area contributed by atoms with Gasteiger partial charge in [0.25, 0.3) is 0 Å². The van der Waals surface area contributed by atoms with Crippen LogP contribution in [0.3, 0.4) is 0 Å². The minimum absolute atomic E-state index is 0.260. The molecule has 2 aromatic rings. The lowest BCUT2D eigenvalue weighted by molar-refractivity contribution is -0.142. The number of carbonyl (C=O) groups is 2. The lowest BCUT2D eigenvalue weighted by Crippen LogP contribution is -2.40. The van der Waals surface area contributed by atoms with Gasteiger partial charge in [0.05, 0.1) is 25.7 Å². The molecule has 0 spiro atoms. The summed E-state index contributed by atoms with van der Waals surface area (Å²) in [5.41, 5.74) is 2.60. The second-order valence-corrected chi connectivity index (χ2v) is 32.8. The maximum Gasteiger partial charge on any atom is 0.321 e. The maximum atomic E-state index is 14.2. The van der Waals surface area contributed by atoms with Crippen molar-refractivity contribution in [2.45, 2.75) is 84.5 Å². The van der Waals surface area contributed by atoms with E-state index in [1.165, 1.54) is 0 Å². The molecule has 1 aliphatic rings. The van der Waals surface area contributed by atoms with Gasteiger partial charge in [-0.2, -0.15) is 0 Å². The second-order valence-electron chi connectivity index (χ2n) is 15.1. The molecule has 0 bridgehead atoms. The number of hydrogen-bond donors (Lipinski definition) is 0. The van der Waals surface area contributed by atoms with Crippen LogP contribution < -0.4 is 18.3 Å². The minimum atomic E-state index is -2.35. The molecule has 8 nitrogen and oxygen atoms in total. The molecular weight excluding hydrogens is 625 g/mol. The molecule has 0 saturated carbocycles. The molecule has 0 heterocycles. The van der Waals surface area contributed by atoms with Crippen molar-refractivity contribution in [3.05, 3.63) is 52.6 Å². The second kappa shape index (κ2) is 12.9. The number of benzene rings is 2. The van der Waals surface area contributed by atoms with E-state index in [0.29, 0.717) is 23.0 Å². The van der Waals surface area contributed by atoms with Crippen LogP contribution in [0.5, 0.6) is 23.0 Å². The van der Waals surface area contributed by atoms with E-state index in [2.05, 4.69) is 39.3 Å². The molecule has 242 valence electrons. The van der Waals surface area contributed by atoms with Crippen molar-refractivity contribution in [3.8, 4) is 23.0 Å². The number of rotatable bonds is 11. The minimum Gasteiger partial charge on any atom is -0.542 e. The van der Waals surface area contributed by atoms with E-state index in [1.807, 2.05) is 69.6 Å². The maximum absolute atomic E-state index is 14.2. The van der Waals surface area contributed by atoms with Crippen LogP contribution in [0.1, 0.15) is 22.6 Å². The van der Waals surface area contributed by atoms with Crippen LogP contribution >= 0.6 is 0 Å².